The summed E-state index contributed by atoms with van der Waals surface area (Å²) in [5.41, 5.74) is 1.31. The maximum Gasteiger partial charge on any atom is 0.191 e. The lowest BCUT2D eigenvalue weighted by atomic mass is 10.1. The highest BCUT2D eigenvalue weighted by Gasteiger charge is 2.22. The number of fused-ring (bicyclic) bond motifs is 2. The molecule has 2 aliphatic heterocycles. The van der Waals surface area contributed by atoms with Gasteiger partial charge in [0.2, 0.25) is 0 Å². The molecule has 33 heavy (non-hydrogen) atoms. The van der Waals surface area contributed by atoms with E-state index in [-0.39, 0.29) is 11.5 Å². The minimum absolute atomic E-state index is 0.0327. The van der Waals surface area contributed by atoms with Crippen LogP contribution in [0.2, 0.25) is 0 Å². The van der Waals surface area contributed by atoms with E-state index in [1.807, 2.05) is 23.7 Å². The first-order valence-electron chi connectivity index (χ1n) is 10.6. The highest BCUT2D eigenvalue weighted by Crippen LogP contribution is 2.41. The van der Waals surface area contributed by atoms with Crippen molar-refractivity contribution in [3.8, 4) is 40.1 Å². The van der Waals surface area contributed by atoms with E-state index >= 15 is 0 Å². The molecule has 1 aromatic heterocycles. The second-order valence-corrected chi connectivity index (χ2v) is 8.43. The van der Waals surface area contributed by atoms with Crippen molar-refractivity contribution in [2.45, 2.75) is 11.6 Å². The quantitative estimate of drug-likeness (QED) is 0.398. The number of ketones is 1. The molecule has 0 unspecified atom stereocenters. The zero-order chi connectivity index (χ0) is 22.8. The standard InChI is InChI=1S/C23H23N3O6S/c1-26-22(15-11-20-21(12-18(15)28-2)30-7-3-6-29-20)24-25-23(26)33-13-16(27)14-4-5-17-19(10-14)32-9-8-31-17/h4-5,10-12H,3,6-9,13H2,1-2H3. The van der Waals surface area contributed by atoms with E-state index < -0.39 is 0 Å². The van der Waals surface area contributed by atoms with Gasteiger partial charge in [0.1, 0.15) is 19.0 Å². The predicted octanol–water partition coefficient (Wildman–Crippen LogP) is 3.40. The number of rotatable bonds is 6. The summed E-state index contributed by atoms with van der Waals surface area (Å²) in [6.45, 7) is 2.17. The fourth-order valence-electron chi connectivity index (χ4n) is 3.64. The van der Waals surface area contributed by atoms with Gasteiger partial charge in [0.05, 0.1) is 31.6 Å². The molecule has 0 atom stereocenters. The number of ether oxygens (including phenoxy) is 5. The van der Waals surface area contributed by atoms with E-state index in [1.165, 1.54) is 11.8 Å². The number of thioether (sulfide) groups is 1. The Balaban J connectivity index is 1.34. The Labute approximate surface area is 194 Å². The number of methoxy groups -OCH3 is 1. The second kappa shape index (κ2) is 9.22. The molecule has 0 saturated carbocycles. The molecule has 2 aromatic carbocycles. The van der Waals surface area contributed by atoms with Gasteiger partial charge in [0.15, 0.2) is 39.8 Å². The average molecular weight is 470 g/mol. The summed E-state index contributed by atoms with van der Waals surface area (Å²) in [5, 5.41) is 9.24. The van der Waals surface area contributed by atoms with E-state index in [2.05, 4.69) is 10.2 Å². The number of hydrogen-bond acceptors (Lipinski definition) is 9. The Morgan fingerprint density at radius 3 is 2.45 bits per heavy atom. The van der Waals surface area contributed by atoms with Crippen molar-refractivity contribution < 1.29 is 28.5 Å². The molecule has 0 saturated heterocycles. The third kappa shape index (κ3) is 4.30. The van der Waals surface area contributed by atoms with Gasteiger partial charge in [-0.2, -0.15) is 0 Å². The van der Waals surface area contributed by atoms with Crippen molar-refractivity contribution in [1.29, 1.82) is 0 Å². The number of benzene rings is 2. The summed E-state index contributed by atoms with van der Waals surface area (Å²) in [6, 6.07) is 8.91. The minimum Gasteiger partial charge on any atom is -0.496 e. The van der Waals surface area contributed by atoms with Crippen LogP contribution in [0.25, 0.3) is 11.4 Å². The molecule has 10 heteroatoms. The van der Waals surface area contributed by atoms with Crippen LogP contribution in [0.5, 0.6) is 28.7 Å². The molecule has 0 radical (unpaired) electrons. The van der Waals surface area contributed by atoms with Crippen LogP contribution >= 0.6 is 11.8 Å². The second-order valence-electron chi connectivity index (χ2n) is 7.49. The number of Topliss-reactive ketones (excluding diaryl/α,β-unsaturated/α-hetero) is 1. The van der Waals surface area contributed by atoms with Crippen LogP contribution in [-0.2, 0) is 7.05 Å². The first kappa shape index (κ1) is 21.4. The van der Waals surface area contributed by atoms with E-state index in [0.29, 0.717) is 71.7 Å². The van der Waals surface area contributed by atoms with Gasteiger partial charge in [-0.15, -0.1) is 10.2 Å². The SMILES string of the molecule is COc1cc2c(cc1-c1nnc(SCC(=O)c3ccc4c(c3)OCCO4)n1C)OCCCO2. The van der Waals surface area contributed by atoms with Crippen molar-refractivity contribution in [3.05, 3.63) is 35.9 Å². The molecule has 5 rings (SSSR count). The molecule has 2 aliphatic rings. The van der Waals surface area contributed by atoms with Crippen LogP contribution in [0.3, 0.4) is 0 Å². The van der Waals surface area contributed by atoms with Gasteiger partial charge in [0, 0.05) is 25.1 Å². The van der Waals surface area contributed by atoms with Crippen LogP contribution in [0, 0.1) is 0 Å². The zero-order valence-electron chi connectivity index (χ0n) is 18.3. The summed E-state index contributed by atoms with van der Waals surface area (Å²) in [6.07, 6.45) is 0.814. The first-order valence-corrected chi connectivity index (χ1v) is 11.6. The molecular formula is C23H23N3O6S. The molecular weight excluding hydrogens is 446 g/mol. The van der Waals surface area contributed by atoms with Crippen LogP contribution in [0.1, 0.15) is 16.8 Å². The summed E-state index contributed by atoms with van der Waals surface area (Å²) in [4.78, 5) is 12.8. The number of aromatic nitrogens is 3. The van der Waals surface area contributed by atoms with Crippen LogP contribution in [0.4, 0.5) is 0 Å². The summed E-state index contributed by atoms with van der Waals surface area (Å²) in [7, 11) is 3.45. The van der Waals surface area contributed by atoms with E-state index in [1.54, 1.807) is 25.3 Å². The molecule has 0 bridgehead atoms. The van der Waals surface area contributed by atoms with Crippen molar-refractivity contribution in [2.75, 3.05) is 39.3 Å². The number of carbonyl (C=O) groups excluding carboxylic acids is 1. The Morgan fingerprint density at radius 2 is 1.67 bits per heavy atom. The van der Waals surface area contributed by atoms with Gasteiger partial charge in [-0.1, -0.05) is 11.8 Å². The van der Waals surface area contributed by atoms with Gasteiger partial charge in [-0.25, -0.2) is 0 Å². The Kier molecular flexibility index (Phi) is 5.99. The van der Waals surface area contributed by atoms with Crippen LogP contribution in [0.15, 0.2) is 35.5 Å². The Morgan fingerprint density at radius 1 is 0.970 bits per heavy atom. The minimum atomic E-state index is -0.0327. The van der Waals surface area contributed by atoms with Crippen molar-refractivity contribution in [1.82, 2.24) is 14.8 Å². The number of carbonyl (C=O) groups is 1. The molecule has 0 N–H and O–H groups in total. The lowest BCUT2D eigenvalue weighted by Gasteiger charge is -2.18. The Hall–Kier alpha value is -3.40. The molecule has 3 heterocycles. The summed E-state index contributed by atoms with van der Waals surface area (Å²) >= 11 is 1.32. The molecule has 172 valence electrons. The molecule has 0 amide bonds. The molecule has 0 fully saturated rings. The summed E-state index contributed by atoms with van der Waals surface area (Å²) < 4.78 is 30.1. The normalized spacial score (nSPS) is 14.5. The largest absolute Gasteiger partial charge is 0.496 e. The zero-order valence-corrected chi connectivity index (χ0v) is 19.1. The maximum absolute atomic E-state index is 12.8. The average Bonchev–Trinajstić information content (AvgIpc) is 3.06. The first-order chi connectivity index (χ1) is 16.1. The third-order valence-electron chi connectivity index (χ3n) is 5.34. The lowest BCUT2D eigenvalue weighted by molar-refractivity contribution is 0.102. The van der Waals surface area contributed by atoms with Crippen LogP contribution < -0.4 is 23.7 Å². The topological polar surface area (TPSA) is 93.9 Å². The maximum atomic E-state index is 12.8. The number of hydrogen-bond donors (Lipinski definition) is 0. The van der Waals surface area contributed by atoms with E-state index in [9.17, 15) is 4.79 Å². The molecule has 0 aliphatic carbocycles. The molecule has 3 aromatic rings. The monoisotopic (exact) mass is 469 g/mol. The fraction of sp³-hybridized carbons (Fsp3) is 0.348. The van der Waals surface area contributed by atoms with Gasteiger partial charge in [-0.05, 0) is 24.3 Å². The molecule has 9 nitrogen and oxygen atoms in total. The van der Waals surface area contributed by atoms with Crippen LogP contribution in [-0.4, -0.2) is 59.8 Å². The molecule has 0 spiro atoms. The van der Waals surface area contributed by atoms with E-state index in [0.717, 1.165) is 12.0 Å². The number of nitrogens with zero attached hydrogens (tertiary/aromatic N) is 3. The third-order valence-corrected chi connectivity index (χ3v) is 6.36. The van der Waals surface area contributed by atoms with E-state index in [4.69, 9.17) is 23.7 Å². The van der Waals surface area contributed by atoms with Gasteiger partial charge in [0.25, 0.3) is 0 Å². The fourth-order valence-corrected chi connectivity index (χ4v) is 4.44. The highest BCUT2D eigenvalue weighted by molar-refractivity contribution is 7.99. The van der Waals surface area contributed by atoms with Crippen molar-refractivity contribution >= 4 is 17.5 Å². The predicted molar refractivity (Wildman–Crippen MR) is 121 cm³/mol. The lowest BCUT2D eigenvalue weighted by Crippen LogP contribution is -2.16. The smallest absolute Gasteiger partial charge is 0.191 e. The Bertz CT molecular complexity index is 1200. The highest BCUT2D eigenvalue weighted by atomic mass is 32.2. The van der Waals surface area contributed by atoms with Gasteiger partial charge < -0.3 is 28.3 Å². The van der Waals surface area contributed by atoms with Gasteiger partial charge >= 0.3 is 0 Å². The van der Waals surface area contributed by atoms with Crippen molar-refractivity contribution in [2.24, 2.45) is 7.05 Å². The summed E-state index contributed by atoms with van der Waals surface area (Å²) in [5.74, 6) is 3.95. The van der Waals surface area contributed by atoms with Gasteiger partial charge in [-0.3, -0.25) is 4.79 Å². The van der Waals surface area contributed by atoms with Crippen molar-refractivity contribution in [3.63, 3.8) is 0 Å².